The summed E-state index contributed by atoms with van der Waals surface area (Å²) in [4.78, 5) is 22.9. The van der Waals surface area contributed by atoms with Gasteiger partial charge in [-0.25, -0.2) is 4.79 Å². The highest BCUT2D eigenvalue weighted by Gasteiger charge is 2.30. The third-order valence-electron chi connectivity index (χ3n) is 3.92. The fraction of sp³-hybridized carbons (Fsp3) is 0.524. The molecule has 0 saturated heterocycles. The van der Waals surface area contributed by atoms with Gasteiger partial charge in [-0.05, 0) is 17.1 Å². The number of methoxy groups -OCH3 is 1. The van der Waals surface area contributed by atoms with E-state index >= 15 is 0 Å². The Morgan fingerprint density at radius 3 is 2.23 bits per heavy atom. The number of hydrogen-bond acceptors (Lipinski definition) is 5. The van der Waals surface area contributed by atoms with E-state index in [1.165, 1.54) is 14.0 Å². The number of ether oxygens (including phenoxy) is 3. The van der Waals surface area contributed by atoms with Gasteiger partial charge in [0.25, 0.3) is 0 Å². The molecule has 5 nitrogen and oxygen atoms in total. The lowest BCUT2D eigenvalue weighted by atomic mass is 9.81. The maximum absolute atomic E-state index is 11.8. The second-order valence-corrected chi connectivity index (χ2v) is 7.38. The van der Waals surface area contributed by atoms with E-state index in [0.717, 1.165) is 5.56 Å². The minimum atomic E-state index is -1.05. The molecule has 144 valence electrons. The molecule has 0 aliphatic rings. The van der Waals surface area contributed by atoms with E-state index in [1.807, 2.05) is 43.3 Å². The van der Waals surface area contributed by atoms with Gasteiger partial charge in [0.2, 0.25) is 6.10 Å². The Bertz CT molecular complexity index is 601. The van der Waals surface area contributed by atoms with E-state index in [0.29, 0.717) is 6.61 Å². The second-order valence-electron chi connectivity index (χ2n) is 7.38. The molecule has 1 aromatic rings. The van der Waals surface area contributed by atoms with E-state index in [9.17, 15) is 9.59 Å². The first kappa shape index (κ1) is 21.9. The summed E-state index contributed by atoms with van der Waals surface area (Å²) in [7, 11) is 1.26. The van der Waals surface area contributed by atoms with Gasteiger partial charge in [-0.3, -0.25) is 4.79 Å². The molecular weight excluding hydrogens is 332 g/mol. The number of carbonyl (C=O) groups is 2. The lowest BCUT2D eigenvalue weighted by Crippen LogP contribution is -2.35. The molecule has 0 N–H and O–H groups in total. The first-order valence-electron chi connectivity index (χ1n) is 8.74. The third-order valence-corrected chi connectivity index (χ3v) is 3.92. The Morgan fingerprint density at radius 2 is 1.73 bits per heavy atom. The van der Waals surface area contributed by atoms with E-state index in [2.05, 4.69) is 25.5 Å². The molecule has 0 bridgehead atoms. The number of benzene rings is 1. The Labute approximate surface area is 156 Å². The van der Waals surface area contributed by atoms with E-state index in [-0.39, 0.29) is 17.4 Å². The molecule has 0 aromatic heterocycles. The number of carbonyl (C=O) groups excluding carboxylic acids is 2. The molecular formula is C21H30O5. The molecule has 1 rings (SSSR count). The van der Waals surface area contributed by atoms with Crippen LogP contribution in [0.4, 0.5) is 0 Å². The zero-order valence-corrected chi connectivity index (χ0v) is 16.5. The van der Waals surface area contributed by atoms with Gasteiger partial charge in [0.15, 0.2) is 0 Å². The van der Waals surface area contributed by atoms with Crippen molar-refractivity contribution in [1.29, 1.82) is 0 Å². The molecule has 1 aromatic carbocycles. The van der Waals surface area contributed by atoms with Crippen LogP contribution in [0.3, 0.4) is 0 Å². The molecule has 0 saturated carbocycles. The summed E-state index contributed by atoms with van der Waals surface area (Å²) in [6, 6.07) is 9.98. The van der Waals surface area contributed by atoms with Crippen LogP contribution in [-0.4, -0.2) is 31.3 Å². The van der Waals surface area contributed by atoms with Crippen molar-refractivity contribution in [2.75, 3.05) is 7.11 Å². The first-order valence-corrected chi connectivity index (χ1v) is 8.74. The predicted octanol–water partition coefficient (Wildman–Crippen LogP) is 3.91. The zero-order chi connectivity index (χ0) is 19.7. The average Bonchev–Trinajstić information content (AvgIpc) is 2.57. The van der Waals surface area contributed by atoms with E-state index < -0.39 is 18.0 Å². The van der Waals surface area contributed by atoms with Crippen molar-refractivity contribution in [3.8, 4) is 0 Å². The van der Waals surface area contributed by atoms with Crippen LogP contribution < -0.4 is 0 Å². The van der Waals surface area contributed by atoms with Gasteiger partial charge < -0.3 is 14.2 Å². The van der Waals surface area contributed by atoms with Crippen LogP contribution in [0.15, 0.2) is 42.5 Å². The van der Waals surface area contributed by atoms with Crippen molar-refractivity contribution in [2.45, 2.75) is 53.4 Å². The lowest BCUT2D eigenvalue weighted by Gasteiger charge is -2.34. The van der Waals surface area contributed by atoms with Crippen LogP contribution in [0.25, 0.3) is 0 Å². The van der Waals surface area contributed by atoms with Gasteiger partial charge in [0.1, 0.15) is 0 Å². The molecule has 3 atom stereocenters. The topological polar surface area (TPSA) is 61.8 Å². The molecule has 0 heterocycles. The summed E-state index contributed by atoms with van der Waals surface area (Å²) >= 11 is 0. The van der Waals surface area contributed by atoms with Crippen molar-refractivity contribution in [3.05, 3.63) is 48.0 Å². The molecule has 0 spiro atoms. The van der Waals surface area contributed by atoms with Gasteiger partial charge in [-0.15, -0.1) is 0 Å². The minimum Gasteiger partial charge on any atom is -0.466 e. The lowest BCUT2D eigenvalue weighted by molar-refractivity contribution is -0.161. The van der Waals surface area contributed by atoms with Crippen molar-refractivity contribution in [1.82, 2.24) is 0 Å². The van der Waals surface area contributed by atoms with Crippen LogP contribution in [0.5, 0.6) is 0 Å². The standard InChI is InChI=1S/C21H30O5/c1-15(12-13-18(20(23)24-6)26-16(2)22)19(21(3,4)5)25-14-17-10-8-7-9-11-17/h7-13,15,18-19H,14H2,1-6H3/b13-12+/t15-,18-,19+/m0/s1. The van der Waals surface area contributed by atoms with Crippen molar-refractivity contribution in [2.24, 2.45) is 11.3 Å². The Kier molecular flexibility index (Phi) is 8.52. The predicted molar refractivity (Wildman–Crippen MR) is 100 cm³/mol. The minimum absolute atomic E-state index is 0.00132. The number of esters is 2. The second kappa shape index (κ2) is 10.1. The third kappa shape index (κ3) is 7.40. The summed E-state index contributed by atoms with van der Waals surface area (Å²) < 4.78 is 15.9. The van der Waals surface area contributed by atoms with Gasteiger partial charge in [0.05, 0.1) is 19.8 Å². The van der Waals surface area contributed by atoms with Gasteiger partial charge >= 0.3 is 11.9 Å². The summed E-state index contributed by atoms with van der Waals surface area (Å²) in [6.07, 6.45) is 2.26. The molecule has 0 aliphatic heterocycles. The Balaban J connectivity index is 2.85. The molecule has 5 heteroatoms. The van der Waals surface area contributed by atoms with Crippen LogP contribution in [0.2, 0.25) is 0 Å². The largest absolute Gasteiger partial charge is 0.466 e. The molecule has 0 unspecified atom stereocenters. The smallest absolute Gasteiger partial charge is 0.351 e. The Hall–Kier alpha value is -2.14. The monoisotopic (exact) mass is 362 g/mol. The van der Waals surface area contributed by atoms with Crippen LogP contribution >= 0.6 is 0 Å². The van der Waals surface area contributed by atoms with Crippen molar-refractivity contribution in [3.63, 3.8) is 0 Å². The fourth-order valence-corrected chi connectivity index (χ4v) is 2.79. The molecule has 0 radical (unpaired) electrons. The summed E-state index contributed by atoms with van der Waals surface area (Å²) in [6.45, 7) is 10.1. The van der Waals surface area contributed by atoms with Crippen LogP contribution in [0, 0.1) is 11.3 Å². The molecule has 0 aliphatic carbocycles. The molecule has 0 amide bonds. The van der Waals surface area contributed by atoms with Crippen LogP contribution in [-0.2, 0) is 30.4 Å². The van der Waals surface area contributed by atoms with Gasteiger partial charge in [0, 0.05) is 12.8 Å². The Morgan fingerprint density at radius 1 is 1.12 bits per heavy atom. The van der Waals surface area contributed by atoms with E-state index in [4.69, 9.17) is 9.47 Å². The molecule has 0 fully saturated rings. The maximum Gasteiger partial charge on any atom is 0.351 e. The van der Waals surface area contributed by atoms with Gasteiger partial charge in [-0.1, -0.05) is 64.1 Å². The zero-order valence-electron chi connectivity index (χ0n) is 16.5. The highest BCUT2D eigenvalue weighted by Crippen LogP contribution is 2.30. The fourth-order valence-electron chi connectivity index (χ4n) is 2.79. The average molecular weight is 362 g/mol. The van der Waals surface area contributed by atoms with Crippen LogP contribution in [0.1, 0.15) is 40.2 Å². The normalized spacial score (nSPS) is 15.3. The van der Waals surface area contributed by atoms with Gasteiger partial charge in [-0.2, -0.15) is 0 Å². The summed E-state index contributed by atoms with van der Waals surface area (Å²) in [5.74, 6) is -1.15. The number of hydrogen-bond donors (Lipinski definition) is 0. The van der Waals surface area contributed by atoms with E-state index in [1.54, 1.807) is 6.08 Å². The van der Waals surface area contributed by atoms with Crippen molar-refractivity contribution < 1.29 is 23.8 Å². The molecule has 26 heavy (non-hydrogen) atoms. The highest BCUT2D eigenvalue weighted by molar-refractivity contribution is 5.80. The summed E-state index contributed by atoms with van der Waals surface area (Å²) in [5, 5.41) is 0. The first-order chi connectivity index (χ1) is 12.1. The SMILES string of the molecule is COC(=O)[C@H](/C=C/[C@H](C)[C@@H](OCc1ccccc1)C(C)(C)C)OC(C)=O. The highest BCUT2D eigenvalue weighted by atomic mass is 16.6. The van der Waals surface area contributed by atoms with Crippen molar-refractivity contribution >= 4 is 11.9 Å². The quantitative estimate of drug-likeness (QED) is 0.518. The number of rotatable bonds is 8. The maximum atomic E-state index is 11.8. The summed E-state index contributed by atoms with van der Waals surface area (Å²) in [5.41, 5.74) is 0.992.